The van der Waals surface area contributed by atoms with Crippen molar-refractivity contribution in [2.75, 3.05) is 7.11 Å². The van der Waals surface area contributed by atoms with Crippen molar-refractivity contribution in [1.29, 1.82) is 0 Å². The van der Waals surface area contributed by atoms with Crippen molar-refractivity contribution in [1.82, 2.24) is 0 Å². The van der Waals surface area contributed by atoms with Crippen LogP contribution in [0.4, 0.5) is 0 Å². The van der Waals surface area contributed by atoms with Crippen LogP contribution in [0.2, 0.25) is 0 Å². The molecule has 0 atom stereocenters. The van der Waals surface area contributed by atoms with Crippen LogP contribution < -0.4 is 4.74 Å². The maximum atomic E-state index is 5.40. The van der Waals surface area contributed by atoms with Crippen LogP contribution in [0.15, 0.2) is 127 Å². The van der Waals surface area contributed by atoms with E-state index in [1.165, 1.54) is 79.9 Å². The molecule has 194 valence electrons. The van der Waals surface area contributed by atoms with E-state index in [2.05, 4.69) is 121 Å². The monoisotopic (exact) mass is 516 g/mol. The molecule has 0 saturated heterocycles. The molecule has 0 unspecified atom stereocenters. The molecule has 0 aromatic heterocycles. The van der Waals surface area contributed by atoms with E-state index < -0.39 is 0 Å². The molecule has 7 aromatic carbocycles. The van der Waals surface area contributed by atoms with E-state index in [0.717, 1.165) is 5.75 Å². The van der Waals surface area contributed by atoms with Crippen molar-refractivity contribution in [2.24, 2.45) is 0 Å². The first-order valence-corrected chi connectivity index (χ1v) is 14.3. The Morgan fingerprint density at radius 1 is 0.450 bits per heavy atom. The lowest BCUT2D eigenvalue weighted by molar-refractivity contribution is 0.415. The Bertz CT molecular complexity index is 1890. The van der Waals surface area contributed by atoms with Gasteiger partial charge >= 0.3 is 0 Å². The van der Waals surface area contributed by atoms with Crippen molar-refractivity contribution < 1.29 is 4.74 Å². The molecule has 0 saturated carbocycles. The third-order valence-electron chi connectivity index (χ3n) is 8.37. The minimum Gasteiger partial charge on any atom is -0.497 e. The zero-order valence-electron chi connectivity index (χ0n) is 22.9. The first kappa shape index (κ1) is 24.4. The predicted molar refractivity (Wildman–Crippen MR) is 172 cm³/mol. The number of methoxy groups -OCH3 is 1. The molecule has 0 N–H and O–H groups in total. The van der Waals surface area contributed by atoms with Gasteiger partial charge in [0.25, 0.3) is 0 Å². The average molecular weight is 517 g/mol. The maximum absolute atomic E-state index is 5.40. The Hall–Kier alpha value is -4.62. The number of rotatable bonds is 2. The molecule has 1 nitrogen and oxygen atoms in total. The van der Waals surface area contributed by atoms with Crippen LogP contribution >= 0.6 is 0 Å². The number of hydrogen-bond acceptors (Lipinski definition) is 1. The quantitative estimate of drug-likeness (QED) is 0.164. The SMILES string of the molecule is COc1cccc(-c2ccc3ccc4c5c(ccc4c3c2)CCCC5)c1.c1ccc2cc3ccccc3cc2c1. The summed E-state index contributed by atoms with van der Waals surface area (Å²) in [6.45, 7) is 0. The van der Waals surface area contributed by atoms with E-state index in [1.807, 2.05) is 6.07 Å². The largest absolute Gasteiger partial charge is 0.497 e. The minimum absolute atomic E-state index is 0.898. The maximum Gasteiger partial charge on any atom is 0.119 e. The molecule has 7 aromatic rings. The van der Waals surface area contributed by atoms with Gasteiger partial charge in [0, 0.05) is 0 Å². The number of aryl methyl sites for hydroxylation is 2. The topological polar surface area (TPSA) is 9.23 Å². The minimum atomic E-state index is 0.898. The molecule has 1 aliphatic rings. The Labute approximate surface area is 235 Å². The number of fused-ring (bicyclic) bond motifs is 7. The molecular formula is C39H32O. The second-order valence-corrected chi connectivity index (χ2v) is 10.8. The molecule has 1 aliphatic carbocycles. The Balaban J connectivity index is 0.000000159. The second kappa shape index (κ2) is 10.5. The predicted octanol–water partition coefficient (Wildman–Crippen LogP) is 10.5. The molecule has 8 rings (SSSR count). The lowest BCUT2D eigenvalue weighted by Crippen LogP contribution is -2.03. The van der Waals surface area contributed by atoms with Crippen LogP contribution in [-0.2, 0) is 12.8 Å². The summed E-state index contributed by atoms with van der Waals surface area (Å²) in [4.78, 5) is 0. The zero-order valence-corrected chi connectivity index (χ0v) is 22.9. The van der Waals surface area contributed by atoms with E-state index in [9.17, 15) is 0 Å². The summed E-state index contributed by atoms with van der Waals surface area (Å²) in [6, 6.07) is 45.8. The van der Waals surface area contributed by atoms with Gasteiger partial charge < -0.3 is 4.74 Å². The van der Waals surface area contributed by atoms with Gasteiger partial charge in [-0.1, -0.05) is 97.1 Å². The van der Waals surface area contributed by atoms with Crippen molar-refractivity contribution in [2.45, 2.75) is 25.7 Å². The fraction of sp³-hybridized carbons (Fsp3) is 0.128. The van der Waals surface area contributed by atoms with E-state index in [-0.39, 0.29) is 0 Å². The summed E-state index contributed by atoms with van der Waals surface area (Å²) in [5, 5.41) is 10.7. The molecule has 1 heteroatoms. The molecule has 0 spiro atoms. The van der Waals surface area contributed by atoms with Gasteiger partial charge in [-0.2, -0.15) is 0 Å². The summed E-state index contributed by atoms with van der Waals surface area (Å²) in [5.74, 6) is 0.898. The highest BCUT2D eigenvalue weighted by atomic mass is 16.5. The molecule has 0 radical (unpaired) electrons. The first-order chi connectivity index (χ1) is 19.8. The van der Waals surface area contributed by atoms with E-state index >= 15 is 0 Å². The molecule has 0 bridgehead atoms. The normalized spacial score (nSPS) is 12.7. The Kier molecular flexibility index (Phi) is 6.42. The first-order valence-electron chi connectivity index (χ1n) is 14.3. The second-order valence-electron chi connectivity index (χ2n) is 10.8. The van der Waals surface area contributed by atoms with Gasteiger partial charge in [0.05, 0.1) is 7.11 Å². The molecule has 0 heterocycles. The summed E-state index contributed by atoms with van der Waals surface area (Å²) in [6.07, 6.45) is 5.08. The standard InChI is InChI=1S/C25H22O.C14H10/c1-26-21-7-4-6-19(15-21)20-10-9-18-12-13-23-22-8-3-2-5-17(22)11-14-24(23)25(18)16-20;1-2-6-12-10-14-8-4-3-7-13(14)9-11(12)5-1/h4,6-7,9-16H,2-3,5,8H2,1H3;1-10H. The fourth-order valence-electron chi connectivity index (χ4n) is 6.25. The summed E-state index contributed by atoms with van der Waals surface area (Å²) >= 11 is 0. The fourth-order valence-corrected chi connectivity index (χ4v) is 6.25. The third-order valence-corrected chi connectivity index (χ3v) is 8.37. The highest BCUT2D eigenvalue weighted by Gasteiger charge is 2.14. The van der Waals surface area contributed by atoms with Gasteiger partial charge in [-0.25, -0.2) is 0 Å². The van der Waals surface area contributed by atoms with Crippen LogP contribution in [-0.4, -0.2) is 7.11 Å². The van der Waals surface area contributed by atoms with Gasteiger partial charge in [0.1, 0.15) is 5.75 Å². The van der Waals surface area contributed by atoms with Gasteiger partial charge in [-0.15, -0.1) is 0 Å². The van der Waals surface area contributed by atoms with Gasteiger partial charge in [-0.05, 0) is 121 Å². The molecule has 40 heavy (non-hydrogen) atoms. The number of ether oxygens (including phenoxy) is 1. The van der Waals surface area contributed by atoms with Crippen molar-refractivity contribution in [3.05, 3.63) is 139 Å². The third kappa shape index (κ3) is 4.58. The lowest BCUT2D eigenvalue weighted by Gasteiger charge is -2.19. The van der Waals surface area contributed by atoms with Gasteiger partial charge in [0.15, 0.2) is 0 Å². The van der Waals surface area contributed by atoms with Crippen molar-refractivity contribution >= 4 is 43.1 Å². The van der Waals surface area contributed by atoms with Crippen LogP contribution in [0, 0.1) is 0 Å². The van der Waals surface area contributed by atoms with Gasteiger partial charge in [0.2, 0.25) is 0 Å². The molecule has 0 amide bonds. The highest BCUT2D eigenvalue weighted by molar-refractivity contribution is 6.10. The van der Waals surface area contributed by atoms with Crippen LogP contribution in [0.3, 0.4) is 0 Å². The summed E-state index contributed by atoms with van der Waals surface area (Å²) in [7, 11) is 1.72. The number of benzene rings is 7. The summed E-state index contributed by atoms with van der Waals surface area (Å²) < 4.78 is 5.40. The van der Waals surface area contributed by atoms with E-state index in [1.54, 1.807) is 18.2 Å². The Morgan fingerprint density at radius 3 is 1.77 bits per heavy atom. The Morgan fingerprint density at radius 2 is 1.07 bits per heavy atom. The van der Waals surface area contributed by atoms with Crippen molar-refractivity contribution in [3.63, 3.8) is 0 Å². The highest BCUT2D eigenvalue weighted by Crippen LogP contribution is 2.35. The number of hydrogen-bond donors (Lipinski definition) is 0. The molecule has 0 fully saturated rings. The van der Waals surface area contributed by atoms with E-state index in [0.29, 0.717) is 0 Å². The zero-order chi connectivity index (χ0) is 26.9. The van der Waals surface area contributed by atoms with Crippen molar-refractivity contribution in [3.8, 4) is 16.9 Å². The van der Waals surface area contributed by atoms with Crippen LogP contribution in [0.1, 0.15) is 24.0 Å². The van der Waals surface area contributed by atoms with E-state index in [4.69, 9.17) is 4.74 Å². The lowest BCUT2D eigenvalue weighted by atomic mass is 9.86. The summed E-state index contributed by atoms with van der Waals surface area (Å²) in [5.41, 5.74) is 5.55. The smallest absolute Gasteiger partial charge is 0.119 e. The molecular weight excluding hydrogens is 484 g/mol. The van der Waals surface area contributed by atoms with Crippen LogP contribution in [0.25, 0.3) is 54.2 Å². The van der Waals surface area contributed by atoms with Crippen LogP contribution in [0.5, 0.6) is 5.75 Å². The molecule has 0 aliphatic heterocycles. The average Bonchev–Trinajstić information content (AvgIpc) is 3.03. The van der Waals surface area contributed by atoms with Gasteiger partial charge in [-0.3, -0.25) is 0 Å².